The minimum atomic E-state index is -4.54. The fourth-order valence-electron chi connectivity index (χ4n) is 3.46. The van der Waals surface area contributed by atoms with Crippen LogP contribution in [-0.2, 0) is 16.2 Å². The second-order valence-corrected chi connectivity index (χ2v) is 9.28. The molecule has 2 aromatic rings. The Morgan fingerprint density at radius 2 is 1.83 bits per heavy atom. The summed E-state index contributed by atoms with van der Waals surface area (Å²) in [5, 5.41) is 0. The first kappa shape index (κ1) is 22.2. The Balaban J connectivity index is 1.79. The number of hydrogen-bond acceptors (Lipinski definition) is 4. The number of benzene rings is 1. The molecule has 162 valence electrons. The number of carbonyl (C=O) groups excluding carboxylic acids is 1. The standard InChI is InChI=1S/C20H22F3N3O3S/c1-13-10-17(20(21,22)23)6-7-18(13)30(28,29)25-8-9-26(15(3)12-25)19(27)16-5-4-14(2)24-11-16/h4-7,10-11,15H,8-9,12H2,1-3H3. The third kappa shape index (κ3) is 4.34. The van der Waals surface area contributed by atoms with Crippen LogP contribution in [0.5, 0.6) is 0 Å². The number of carbonyl (C=O) groups is 1. The maximum atomic E-state index is 13.0. The molecule has 2 heterocycles. The predicted octanol–water partition coefficient (Wildman–Crippen LogP) is 3.25. The molecule has 1 aromatic heterocycles. The van der Waals surface area contributed by atoms with Crippen LogP contribution in [-0.4, -0.2) is 54.2 Å². The molecule has 0 saturated carbocycles. The third-order valence-electron chi connectivity index (χ3n) is 5.13. The molecule has 10 heteroatoms. The molecule has 1 aromatic carbocycles. The van der Waals surface area contributed by atoms with E-state index in [2.05, 4.69) is 4.98 Å². The average Bonchev–Trinajstić information content (AvgIpc) is 2.67. The molecular weight excluding hydrogens is 419 g/mol. The van der Waals surface area contributed by atoms with Crippen LogP contribution in [0.1, 0.15) is 34.1 Å². The van der Waals surface area contributed by atoms with E-state index in [1.54, 1.807) is 24.0 Å². The second kappa shape index (κ2) is 7.99. The van der Waals surface area contributed by atoms with Crippen molar-refractivity contribution in [2.75, 3.05) is 19.6 Å². The molecule has 1 amide bonds. The number of alkyl halides is 3. The topological polar surface area (TPSA) is 70.6 Å². The number of rotatable bonds is 3. The van der Waals surface area contributed by atoms with Crippen molar-refractivity contribution in [1.29, 1.82) is 0 Å². The van der Waals surface area contributed by atoms with Crippen LogP contribution in [0.4, 0.5) is 13.2 Å². The van der Waals surface area contributed by atoms with Crippen LogP contribution in [0, 0.1) is 13.8 Å². The first-order valence-electron chi connectivity index (χ1n) is 9.33. The van der Waals surface area contributed by atoms with Gasteiger partial charge in [-0.2, -0.15) is 17.5 Å². The Kier molecular flexibility index (Phi) is 5.92. The lowest BCUT2D eigenvalue weighted by Crippen LogP contribution is -2.55. The molecule has 0 aliphatic carbocycles. The summed E-state index contributed by atoms with van der Waals surface area (Å²) >= 11 is 0. The number of pyridine rings is 1. The summed E-state index contributed by atoms with van der Waals surface area (Å²) in [6.45, 7) is 5.17. The van der Waals surface area contributed by atoms with Crippen LogP contribution in [0.25, 0.3) is 0 Å². The summed E-state index contributed by atoms with van der Waals surface area (Å²) in [6, 6.07) is 5.59. The van der Waals surface area contributed by atoms with Crippen molar-refractivity contribution < 1.29 is 26.4 Å². The summed E-state index contributed by atoms with van der Waals surface area (Å²) < 4.78 is 65.9. The van der Waals surface area contributed by atoms with Gasteiger partial charge in [0, 0.05) is 37.6 Å². The SMILES string of the molecule is Cc1ccc(C(=O)N2CCN(S(=O)(=O)c3ccc(C(F)(F)F)cc3C)CC2C)cn1. The minimum Gasteiger partial charge on any atom is -0.333 e. The minimum absolute atomic E-state index is 0.0294. The molecule has 30 heavy (non-hydrogen) atoms. The molecule has 1 atom stereocenters. The molecule has 1 aliphatic rings. The second-order valence-electron chi connectivity index (χ2n) is 7.38. The zero-order chi connectivity index (χ0) is 22.3. The highest BCUT2D eigenvalue weighted by atomic mass is 32.2. The van der Waals surface area contributed by atoms with Crippen LogP contribution in [0.3, 0.4) is 0 Å². The lowest BCUT2D eigenvalue weighted by molar-refractivity contribution is -0.137. The van der Waals surface area contributed by atoms with Crippen LogP contribution in [0.2, 0.25) is 0 Å². The van der Waals surface area contributed by atoms with Crippen LogP contribution >= 0.6 is 0 Å². The van der Waals surface area contributed by atoms with Gasteiger partial charge in [-0.1, -0.05) is 0 Å². The van der Waals surface area contributed by atoms with Gasteiger partial charge in [-0.15, -0.1) is 0 Å². The summed E-state index contributed by atoms with van der Waals surface area (Å²) in [4.78, 5) is 18.3. The number of sulfonamides is 1. The highest BCUT2D eigenvalue weighted by molar-refractivity contribution is 7.89. The molecule has 1 unspecified atom stereocenters. The molecule has 0 spiro atoms. The Bertz CT molecular complexity index is 1050. The number of amides is 1. The van der Waals surface area contributed by atoms with Gasteiger partial charge in [0.05, 0.1) is 16.0 Å². The molecule has 0 radical (unpaired) electrons. The zero-order valence-electron chi connectivity index (χ0n) is 16.8. The molecule has 0 N–H and O–H groups in total. The van der Waals surface area contributed by atoms with E-state index in [9.17, 15) is 26.4 Å². The Labute approximate surface area is 173 Å². The average molecular weight is 441 g/mol. The first-order chi connectivity index (χ1) is 13.9. The molecule has 6 nitrogen and oxygen atoms in total. The maximum Gasteiger partial charge on any atom is 0.416 e. The number of nitrogens with zero attached hydrogens (tertiary/aromatic N) is 3. The highest BCUT2D eigenvalue weighted by Crippen LogP contribution is 2.32. The van der Waals surface area contributed by atoms with E-state index in [0.717, 1.165) is 23.9 Å². The smallest absolute Gasteiger partial charge is 0.333 e. The van der Waals surface area contributed by atoms with Crippen molar-refractivity contribution in [2.45, 2.75) is 37.9 Å². The van der Waals surface area contributed by atoms with Crippen LogP contribution in [0.15, 0.2) is 41.4 Å². The molecule has 1 saturated heterocycles. The van der Waals surface area contributed by atoms with E-state index in [1.807, 2.05) is 6.92 Å². The fourth-order valence-corrected chi connectivity index (χ4v) is 5.18. The highest BCUT2D eigenvalue weighted by Gasteiger charge is 2.36. The normalized spacial score (nSPS) is 18.5. The number of aryl methyl sites for hydroxylation is 2. The predicted molar refractivity (Wildman–Crippen MR) is 104 cm³/mol. The van der Waals surface area contributed by atoms with Crippen molar-refractivity contribution in [3.05, 3.63) is 58.9 Å². The Morgan fingerprint density at radius 1 is 1.13 bits per heavy atom. The van der Waals surface area contributed by atoms with E-state index in [4.69, 9.17) is 0 Å². The molecule has 1 fully saturated rings. The zero-order valence-corrected chi connectivity index (χ0v) is 17.6. The monoisotopic (exact) mass is 441 g/mol. The van der Waals surface area contributed by atoms with E-state index in [-0.39, 0.29) is 36.0 Å². The van der Waals surface area contributed by atoms with Crippen molar-refractivity contribution in [3.63, 3.8) is 0 Å². The maximum absolute atomic E-state index is 13.0. The van der Waals surface area contributed by atoms with Gasteiger partial charge >= 0.3 is 6.18 Å². The third-order valence-corrected chi connectivity index (χ3v) is 7.15. The molecule has 1 aliphatic heterocycles. The summed E-state index contributed by atoms with van der Waals surface area (Å²) in [7, 11) is -3.99. The van der Waals surface area contributed by atoms with Gasteiger partial charge in [0.1, 0.15) is 0 Å². The quantitative estimate of drug-likeness (QED) is 0.733. The summed E-state index contributed by atoms with van der Waals surface area (Å²) in [6.07, 6.45) is -3.06. The van der Waals surface area contributed by atoms with Crippen LogP contribution < -0.4 is 0 Å². The van der Waals surface area contributed by atoms with Gasteiger partial charge in [0.2, 0.25) is 10.0 Å². The van der Waals surface area contributed by atoms with E-state index >= 15 is 0 Å². The molecular formula is C20H22F3N3O3S. The van der Waals surface area contributed by atoms with Gasteiger partial charge in [-0.3, -0.25) is 9.78 Å². The van der Waals surface area contributed by atoms with E-state index in [0.29, 0.717) is 5.56 Å². The number of piperazine rings is 1. The van der Waals surface area contributed by atoms with Gasteiger partial charge in [-0.05, 0) is 56.7 Å². The van der Waals surface area contributed by atoms with Crippen molar-refractivity contribution in [1.82, 2.24) is 14.2 Å². The van der Waals surface area contributed by atoms with Crippen molar-refractivity contribution >= 4 is 15.9 Å². The number of halogens is 3. The van der Waals surface area contributed by atoms with Gasteiger partial charge in [-0.25, -0.2) is 8.42 Å². The van der Waals surface area contributed by atoms with Gasteiger partial charge < -0.3 is 4.90 Å². The van der Waals surface area contributed by atoms with E-state index < -0.39 is 27.8 Å². The molecule has 0 bridgehead atoms. The lowest BCUT2D eigenvalue weighted by Gasteiger charge is -2.39. The van der Waals surface area contributed by atoms with Crippen molar-refractivity contribution in [3.8, 4) is 0 Å². The lowest BCUT2D eigenvalue weighted by atomic mass is 10.1. The summed E-state index contributed by atoms with van der Waals surface area (Å²) in [5.74, 6) is -0.238. The van der Waals surface area contributed by atoms with Crippen molar-refractivity contribution in [2.24, 2.45) is 0 Å². The summed E-state index contributed by atoms with van der Waals surface area (Å²) in [5.41, 5.74) is 0.334. The number of aromatic nitrogens is 1. The van der Waals surface area contributed by atoms with E-state index in [1.165, 1.54) is 17.4 Å². The largest absolute Gasteiger partial charge is 0.416 e. The Morgan fingerprint density at radius 3 is 2.37 bits per heavy atom. The first-order valence-corrected chi connectivity index (χ1v) is 10.8. The van der Waals surface area contributed by atoms with Gasteiger partial charge in [0.25, 0.3) is 5.91 Å². The van der Waals surface area contributed by atoms with Gasteiger partial charge in [0.15, 0.2) is 0 Å². The Hall–Kier alpha value is -2.46. The fraction of sp³-hybridized carbons (Fsp3) is 0.400. The molecule has 3 rings (SSSR count). The number of hydrogen-bond donors (Lipinski definition) is 0.